The highest BCUT2D eigenvalue weighted by molar-refractivity contribution is 5.91. The number of oxazole rings is 1. The van der Waals surface area contributed by atoms with Crippen LogP contribution in [0, 0.1) is 0 Å². The van der Waals surface area contributed by atoms with Crippen molar-refractivity contribution >= 4 is 5.91 Å². The van der Waals surface area contributed by atoms with Gasteiger partial charge in [0.2, 0.25) is 5.89 Å². The fourth-order valence-electron chi connectivity index (χ4n) is 1.58. The molecule has 0 saturated heterocycles. The van der Waals surface area contributed by atoms with Gasteiger partial charge in [-0.3, -0.25) is 4.79 Å². The Bertz CT molecular complexity index is 363. The molecule has 1 heterocycles. The van der Waals surface area contributed by atoms with Crippen LogP contribution in [0.1, 0.15) is 68.4 Å². The van der Waals surface area contributed by atoms with E-state index in [9.17, 15) is 4.79 Å². The smallest absolute Gasteiger partial charge is 0.273 e. The molecule has 102 valence electrons. The molecule has 0 aliphatic rings. The number of nitrogens with one attached hydrogen (secondary N) is 1. The first kappa shape index (κ1) is 14.7. The predicted molar refractivity (Wildman–Crippen MR) is 70.2 cm³/mol. The van der Waals surface area contributed by atoms with Crippen LogP contribution in [-0.4, -0.2) is 17.4 Å². The number of amides is 1. The van der Waals surface area contributed by atoms with E-state index in [0.717, 1.165) is 19.3 Å². The number of hydrogen-bond donors (Lipinski definition) is 2. The standard InChI is InChI=1S/C13H23N3O2/c1-3-5-6-7-8-15-12(17)11-9-18-13(16-11)10(14)4-2/h9-10H,3-8,14H2,1-2H3,(H,15,17). The molecule has 5 heteroatoms. The Morgan fingerprint density at radius 2 is 2.22 bits per heavy atom. The van der Waals surface area contributed by atoms with Crippen molar-refractivity contribution in [1.82, 2.24) is 10.3 Å². The fraction of sp³-hybridized carbons (Fsp3) is 0.692. The molecule has 1 aromatic rings. The summed E-state index contributed by atoms with van der Waals surface area (Å²) in [6.45, 7) is 4.79. The van der Waals surface area contributed by atoms with Crippen molar-refractivity contribution < 1.29 is 9.21 Å². The van der Waals surface area contributed by atoms with Gasteiger partial charge >= 0.3 is 0 Å². The highest BCUT2D eigenvalue weighted by atomic mass is 16.3. The molecule has 0 radical (unpaired) electrons. The predicted octanol–water partition coefficient (Wildman–Crippen LogP) is 2.39. The summed E-state index contributed by atoms with van der Waals surface area (Å²) in [4.78, 5) is 15.8. The van der Waals surface area contributed by atoms with E-state index in [1.54, 1.807) is 0 Å². The van der Waals surface area contributed by atoms with Gasteiger partial charge in [-0.05, 0) is 12.8 Å². The van der Waals surface area contributed by atoms with Crippen LogP contribution in [-0.2, 0) is 0 Å². The van der Waals surface area contributed by atoms with Gasteiger partial charge in [0.1, 0.15) is 6.26 Å². The zero-order valence-corrected chi connectivity index (χ0v) is 11.2. The molecular weight excluding hydrogens is 230 g/mol. The average molecular weight is 253 g/mol. The summed E-state index contributed by atoms with van der Waals surface area (Å²) < 4.78 is 5.19. The van der Waals surface area contributed by atoms with Crippen molar-refractivity contribution in [2.45, 2.75) is 52.0 Å². The Kier molecular flexibility index (Phi) is 6.43. The van der Waals surface area contributed by atoms with Crippen LogP contribution in [0.2, 0.25) is 0 Å². The highest BCUT2D eigenvalue weighted by Gasteiger charge is 2.15. The van der Waals surface area contributed by atoms with Crippen LogP contribution in [0.3, 0.4) is 0 Å². The van der Waals surface area contributed by atoms with Crippen molar-refractivity contribution in [2.75, 3.05) is 6.54 Å². The van der Waals surface area contributed by atoms with Gasteiger partial charge in [-0.1, -0.05) is 33.1 Å². The van der Waals surface area contributed by atoms with Crippen molar-refractivity contribution in [3.8, 4) is 0 Å². The molecule has 5 nitrogen and oxygen atoms in total. The van der Waals surface area contributed by atoms with Gasteiger partial charge in [0, 0.05) is 6.54 Å². The van der Waals surface area contributed by atoms with Gasteiger partial charge in [-0.15, -0.1) is 0 Å². The SMILES string of the molecule is CCCCCCNC(=O)c1coc(C(N)CC)n1. The summed E-state index contributed by atoms with van der Waals surface area (Å²) in [7, 11) is 0. The second kappa shape index (κ2) is 7.87. The molecule has 0 fully saturated rings. The van der Waals surface area contributed by atoms with Gasteiger partial charge in [-0.2, -0.15) is 0 Å². The van der Waals surface area contributed by atoms with Gasteiger partial charge in [0.05, 0.1) is 6.04 Å². The monoisotopic (exact) mass is 253 g/mol. The summed E-state index contributed by atoms with van der Waals surface area (Å²) in [5, 5.41) is 2.83. The minimum Gasteiger partial charge on any atom is -0.446 e. The number of unbranched alkanes of at least 4 members (excludes halogenated alkanes) is 3. The maximum absolute atomic E-state index is 11.7. The van der Waals surface area contributed by atoms with Gasteiger partial charge in [-0.25, -0.2) is 4.98 Å². The number of carbonyl (C=O) groups is 1. The van der Waals surface area contributed by atoms with E-state index in [4.69, 9.17) is 10.2 Å². The molecule has 3 N–H and O–H groups in total. The van der Waals surface area contributed by atoms with Crippen LogP contribution < -0.4 is 11.1 Å². The Morgan fingerprint density at radius 3 is 2.89 bits per heavy atom. The maximum atomic E-state index is 11.7. The first-order chi connectivity index (χ1) is 8.69. The van der Waals surface area contributed by atoms with E-state index in [2.05, 4.69) is 17.2 Å². The van der Waals surface area contributed by atoms with Crippen LogP contribution in [0.15, 0.2) is 10.7 Å². The van der Waals surface area contributed by atoms with Crippen LogP contribution in [0.25, 0.3) is 0 Å². The molecule has 1 unspecified atom stereocenters. The second-order valence-electron chi connectivity index (χ2n) is 4.40. The highest BCUT2D eigenvalue weighted by Crippen LogP contribution is 2.12. The third-order valence-electron chi connectivity index (χ3n) is 2.83. The summed E-state index contributed by atoms with van der Waals surface area (Å²) in [6.07, 6.45) is 6.63. The molecule has 0 spiro atoms. The third-order valence-corrected chi connectivity index (χ3v) is 2.83. The Balaban J connectivity index is 2.35. The van der Waals surface area contributed by atoms with Crippen molar-refractivity contribution in [1.29, 1.82) is 0 Å². The second-order valence-corrected chi connectivity index (χ2v) is 4.40. The van der Waals surface area contributed by atoms with Crippen LogP contribution >= 0.6 is 0 Å². The van der Waals surface area contributed by atoms with Gasteiger partial charge in [0.25, 0.3) is 5.91 Å². The lowest BCUT2D eigenvalue weighted by Gasteiger charge is -2.02. The molecule has 1 amide bonds. The number of rotatable bonds is 8. The van der Waals surface area contributed by atoms with E-state index in [-0.39, 0.29) is 11.9 Å². The number of nitrogens with two attached hydrogens (primary N) is 1. The first-order valence-electron chi connectivity index (χ1n) is 6.68. The topological polar surface area (TPSA) is 81.2 Å². The minimum atomic E-state index is -0.240. The Labute approximate surface area is 108 Å². The molecule has 1 atom stereocenters. The number of nitrogens with zero attached hydrogens (tertiary/aromatic N) is 1. The van der Waals surface area contributed by atoms with Crippen molar-refractivity contribution in [3.63, 3.8) is 0 Å². The van der Waals surface area contributed by atoms with E-state index in [0.29, 0.717) is 18.1 Å². The molecule has 0 aliphatic heterocycles. The van der Waals surface area contributed by atoms with Gasteiger partial charge < -0.3 is 15.5 Å². The van der Waals surface area contributed by atoms with Gasteiger partial charge in [0.15, 0.2) is 5.69 Å². The lowest BCUT2D eigenvalue weighted by Crippen LogP contribution is -2.25. The molecule has 0 aliphatic carbocycles. The number of aromatic nitrogens is 1. The van der Waals surface area contributed by atoms with E-state index >= 15 is 0 Å². The first-order valence-corrected chi connectivity index (χ1v) is 6.68. The molecule has 1 rings (SSSR count). The maximum Gasteiger partial charge on any atom is 0.273 e. The number of carbonyl (C=O) groups excluding carboxylic acids is 1. The molecule has 0 saturated carbocycles. The zero-order valence-electron chi connectivity index (χ0n) is 11.2. The third kappa shape index (κ3) is 4.49. The molecular formula is C13H23N3O2. The summed E-state index contributed by atoms with van der Waals surface area (Å²) >= 11 is 0. The quantitative estimate of drug-likeness (QED) is 0.697. The van der Waals surface area contributed by atoms with Crippen LogP contribution in [0.5, 0.6) is 0 Å². The summed E-state index contributed by atoms with van der Waals surface area (Å²) in [5.74, 6) is 0.235. The number of hydrogen-bond acceptors (Lipinski definition) is 4. The average Bonchev–Trinajstić information content (AvgIpc) is 2.87. The summed E-state index contributed by atoms with van der Waals surface area (Å²) in [6, 6.07) is -0.240. The fourth-order valence-corrected chi connectivity index (χ4v) is 1.58. The minimum absolute atomic E-state index is 0.190. The lowest BCUT2D eigenvalue weighted by atomic mass is 10.2. The Morgan fingerprint density at radius 1 is 1.44 bits per heavy atom. The van der Waals surface area contributed by atoms with E-state index in [1.807, 2.05) is 6.92 Å². The van der Waals surface area contributed by atoms with E-state index in [1.165, 1.54) is 19.1 Å². The van der Waals surface area contributed by atoms with Crippen LogP contribution in [0.4, 0.5) is 0 Å². The van der Waals surface area contributed by atoms with E-state index < -0.39 is 0 Å². The molecule has 0 bridgehead atoms. The Hall–Kier alpha value is -1.36. The molecule has 18 heavy (non-hydrogen) atoms. The molecule has 0 aromatic carbocycles. The normalized spacial score (nSPS) is 12.4. The van der Waals surface area contributed by atoms with Crippen molar-refractivity contribution in [3.05, 3.63) is 17.8 Å². The zero-order chi connectivity index (χ0) is 13.4. The largest absolute Gasteiger partial charge is 0.446 e. The van der Waals surface area contributed by atoms with Crippen molar-refractivity contribution in [2.24, 2.45) is 5.73 Å². The molecule has 1 aromatic heterocycles. The lowest BCUT2D eigenvalue weighted by molar-refractivity contribution is 0.0948. The summed E-state index contributed by atoms with van der Waals surface area (Å²) in [5.41, 5.74) is 6.08.